The van der Waals surface area contributed by atoms with E-state index >= 15 is 0 Å². The zero-order chi connectivity index (χ0) is 7.41. The topological polar surface area (TPSA) is 12.0 Å². The molecule has 0 aromatic rings. The highest BCUT2D eigenvalue weighted by molar-refractivity contribution is 6.51. The third-order valence-electron chi connectivity index (χ3n) is 3.05. The van der Waals surface area contributed by atoms with E-state index in [-0.39, 0.29) is 5.41 Å². The monoisotopic (exact) mass is 179 g/mol. The van der Waals surface area contributed by atoms with Crippen molar-refractivity contribution in [1.82, 2.24) is 5.32 Å². The highest BCUT2D eigenvalue weighted by Crippen LogP contribution is 2.71. The predicted octanol–water partition coefficient (Wildman–Crippen LogP) is 1.79. The summed E-state index contributed by atoms with van der Waals surface area (Å²) in [5, 5.41) is 3.29. The van der Waals surface area contributed by atoms with E-state index in [1.165, 1.54) is 0 Å². The summed E-state index contributed by atoms with van der Waals surface area (Å²) in [5.41, 5.74) is 0.210. The minimum absolute atomic E-state index is 0.210. The molecule has 1 heterocycles. The van der Waals surface area contributed by atoms with E-state index < -0.39 is 4.33 Å². The van der Waals surface area contributed by atoms with Crippen molar-refractivity contribution in [2.24, 2.45) is 11.3 Å². The van der Waals surface area contributed by atoms with Crippen molar-refractivity contribution < 1.29 is 0 Å². The van der Waals surface area contributed by atoms with Gasteiger partial charge in [-0.05, 0) is 13.0 Å². The van der Waals surface area contributed by atoms with Gasteiger partial charge in [0.1, 0.15) is 4.33 Å². The minimum Gasteiger partial charge on any atom is -0.316 e. The summed E-state index contributed by atoms with van der Waals surface area (Å²) in [6, 6.07) is 0. The van der Waals surface area contributed by atoms with E-state index in [9.17, 15) is 0 Å². The van der Waals surface area contributed by atoms with Gasteiger partial charge in [-0.25, -0.2) is 0 Å². The Morgan fingerprint density at radius 1 is 1.50 bits per heavy atom. The smallest absolute Gasteiger partial charge is 0.128 e. The molecule has 0 aromatic carbocycles. The molecule has 2 atom stereocenters. The molecular formula is C7H11Cl2N. The van der Waals surface area contributed by atoms with Crippen LogP contribution in [0.1, 0.15) is 13.3 Å². The van der Waals surface area contributed by atoms with Gasteiger partial charge in [0.15, 0.2) is 0 Å². The van der Waals surface area contributed by atoms with Crippen molar-refractivity contribution in [3.8, 4) is 0 Å². The summed E-state index contributed by atoms with van der Waals surface area (Å²) in [6.07, 6.45) is 1.12. The Morgan fingerprint density at radius 3 is 2.60 bits per heavy atom. The van der Waals surface area contributed by atoms with Crippen molar-refractivity contribution in [1.29, 1.82) is 0 Å². The first-order valence-electron chi connectivity index (χ1n) is 3.67. The summed E-state index contributed by atoms with van der Waals surface area (Å²) in [7, 11) is 0. The maximum Gasteiger partial charge on any atom is 0.128 e. The van der Waals surface area contributed by atoms with Gasteiger partial charge in [-0.1, -0.05) is 6.92 Å². The molecule has 2 fully saturated rings. The molecule has 0 amide bonds. The molecule has 1 N–H and O–H groups in total. The fourth-order valence-electron chi connectivity index (χ4n) is 1.96. The summed E-state index contributed by atoms with van der Waals surface area (Å²) >= 11 is 12.2. The summed E-state index contributed by atoms with van der Waals surface area (Å²) in [4.78, 5) is 0. The van der Waals surface area contributed by atoms with Crippen LogP contribution in [0.15, 0.2) is 0 Å². The standard InChI is InChI=1S/C7H11Cl2N/c1-6-2-3-10-4-5(6)7(6,8)9/h5,10H,2-4H2,1H3/t5-,6-/m0/s1. The Labute approximate surface area is 71.1 Å². The van der Waals surface area contributed by atoms with E-state index in [4.69, 9.17) is 23.2 Å². The molecule has 3 heteroatoms. The third kappa shape index (κ3) is 0.640. The van der Waals surface area contributed by atoms with Gasteiger partial charge >= 0.3 is 0 Å². The highest BCUT2D eigenvalue weighted by Gasteiger charge is 2.72. The van der Waals surface area contributed by atoms with E-state index in [2.05, 4.69) is 12.2 Å². The summed E-state index contributed by atoms with van der Waals surface area (Å²) in [6.45, 7) is 4.23. The second-order valence-electron chi connectivity index (χ2n) is 3.55. The highest BCUT2D eigenvalue weighted by atomic mass is 35.5. The van der Waals surface area contributed by atoms with Crippen molar-refractivity contribution in [2.45, 2.75) is 17.7 Å². The summed E-state index contributed by atoms with van der Waals surface area (Å²) < 4.78 is -0.434. The van der Waals surface area contributed by atoms with Crippen LogP contribution in [0.25, 0.3) is 0 Å². The number of halogens is 2. The van der Waals surface area contributed by atoms with Gasteiger partial charge in [0.2, 0.25) is 0 Å². The number of hydrogen-bond acceptors (Lipinski definition) is 1. The fourth-order valence-corrected chi connectivity index (χ4v) is 2.94. The van der Waals surface area contributed by atoms with Crippen molar-refractivity contribution >= 4 is 23.2 Å². The van der Waals surface area contributed by atoms with Crippen LogP contribution in [-0.2, 0) is 0 Å². The van der Waals surface area contributed by atoms with Gasteiger partial charge in [-0.2, -0.15) is 0 Å². The molecule has 0 spiro atoms. The molecule has 58 valence electrons. The van der Waals surface area contributed by atoms with Crippen LogP contribution < -0.4 is 5.32 Å². The Kier molecular flexibility index (Phi) is 1.31. The lowest BCUT2D eigenvalue weighted by atomic mass is 9.99. The van der Waals surface area contributed by atoms with Crippen LogP contribution in [0, 0.1) is 11.3 Å². The first-order valence-corrected chi connectivity index (χ1v) is 4.43. The Bertz CT molecular complexity index is 169. The molecule has 1 aliphatic heterocycles. The van der Waals surface area contributed by atoms with Crippen molar-refractivity contribution in [3.63, 3.8) is 0 Å². The molecule has 2 rings (SSSR count). The molecule has 0 bridgehead atoms. The molecule has 1 aliphatic carbocycles. The first kappa shape index (κ1) is 7.20. The Balaban J connectivity index is 2.20. The number of piperidine rings is 1. The van der Waals surface area contributed by atoms with E-state index in [0.29, 0.717) is 5.92 Å². The molecular weight excluding hydrogens is 169 g/mol. The molecule has 1 nitrogen and oxygen atoms in total. The molecule has 0 radical (unpaired) electrons. The third-order valence-corrected chi connectivity index (χ3v) is 4.44. The van der Waals surface area contributed by atoms with Crippen LogP contribution in [0.2, 0.25) is 0 Å². The lowest BCUT2D eigenvalue weighted by Gasteiger charge is -2.16. The quantitative estimate of drug-likeness (QED) is 0.560. The van der Waals surface area contributed by atoms with Gasteiger partial charge in [0.05, 0.1) is 0 Å². The number of nitrogens with one attached hydrogen (secondary N) is 1. The first-order chi connectivity index (χ1) is 4.59. The molecule has 2 aliphatic rings. The lowest BCUT2D eigenvalue weighted by Crippen LogP contribution is -2.27. The number of fused-ring (bicyclic) bond motifs is 1. The van der Waals surface area contributed by atoms with Crippen LogP contribution >= 0.6 is 23.2 Å². The number of hydrogen-bond donors (Lipinski definition) is 1. The molecule has 0 unspecified atom stereocenters. The SMILES string of the molecule is C[C@]12CCNC[C@@H]1C2(Cl)Cl. The van der Waals surface area contributed by atoms with Gasteiger partial charge < -0.3 is 5.32 Å². The second-order valence-corrected chi connectivity index (χ2v) is 4.93. The van der Waals surface area contributed by atoms with Crippen LogP contribution in [-0.4, -0.2) is 17.4 Å². The molecule has 1 saturated heterocycles. The van der Waals surface area contributed by atoms with Gasteiger partial charge in [0.25, 0.3) is 0 Å². The summed E-state index contributed by atoms with van der Waals surface area (Å²) in [5.74, 6) is 0.483. The van der Waals surface area contributed by atoms with Gasteiger partial charge in [-0.15, -0.1) is 23.2 Å². The van der Waals surface area contributed by atoms with Gasteiger partial charge in [-0.3, -0.25) is 0 Å². The lowest BCUT2D eigenvalue weighted by molar-refractivity contribution is 0.381. The van der Waals surface area contributed by atoms with Crippen LogP contribution in [0.3, 0.4) is 0 Å². The second kappa shape index (κ2) is 1.82. The molecule has 1 saturated carbocycles. The minimum atomic E-state index is -0.434. The molecule has 10 heavy (non-hydrogen) atoms. The average Bonchev–Trinajstić information content (AvgIpc) is 2.30. The fraction of sp³-hybridized carbons (Fsp3) is 1.00. The largest absolute Gasteiger partial charge is 0.316 e. The van der Waals surface area contributed by atoms with Crippen LogP contribution in [0.4, 0.5) is 0 Å². The zero-order valence-corrected chi connectivity index (χ0v) is 7.47. The van der Waals surface area contributed by atoms with E-state index in [1.54, 1.807) is 0 Å². The maximum absolute atomic E-state index is 6.08. The number of rotatable bonds is 0. The molecule has 0 aromatic heterocycles. The number of alkyl halides is 2. The zero-order valence-electron chi connectivity index (χ0n) is 5.95. The van der Waals surface area contributed by atoms with Crippen LogP contribution in [0.5, 0.6) is 0 Å². The Morgan fingerprint density at radius 2 is 2.20 bits per heavy atom. The predicted molar refractivity (Wildman–Crippen MR) is 43.5 cm³/mol. The average molecular weight is 180 g/mol. The van der Waals surface area contributed by atoms with Crippen molar-refractivity contribution in [3.05, 3.63) is 0 Å². The normalized spacial score (nSPS) is 50.1. The van der Waals surface area contributed by atoms with Crippen molar-refractivity contribution in [2.75, 3.05) is 13.1 Å². The van der Waals surface area contributed by atoms with E-state index in [1.807, 2.05) is 0 Å². The Hall–Kier alpha value is 0.540. The van der Waals surface area contributed by atoms with E-state index in [0.717, 1.165) is 19.5 Å². The maximum atomic E-state index is 6.08. The van der Waals surface area contributed by atoms with Gasteiger partial charge in [0, 0.05) is 17.9 Å².